The van der Waals surface area contributed by atoms with Gasteiger partial charge in [0.05, 0.1) is 17.6 Å². The van der Waals surface area contributed by atoms with E-state index in [0.29, 0.717) is 34.1 Å². The summed E-state index contributed by atoms with van der Waals surface area (Å²) >= 11 is 0. The van der Waals surface area contributed by atoms with Crippen molar-refractivity contribution in [1.29, 1.82) is 0 Å². The molecule has 13 heteroatoms. The molecule has 0 aliphatic rings. The van der Waals surface area contributed by atoms with E-state index in [9.17, 15) is 13.2 Å². The molecule has 5 aromatic rings. The van der Waals surface area contributed by atoms with E-state index in [-0.39, 0.29) is 11.7 Å². The van der Waals surface area contributed by atoms with Crippen LogP contribution in [0.4, 0.5) is 22.1 Å². The van der Waals surface area contributed by atoms with Crippen LogP contribution in [-0.4, -0.2) is 40.5 Å². The lowest BCUT2D eigenvalue weighted by atomic mass is 10.1. The number of nitrogens with zero attached hydrogens (tertiary/aromatic N) is 4. The number of anilines is 3. The zero-order chi connectivity index (χ0) is 27.6. The highest BCUT2D eigenvalue weighted by atomic mass is 32.2. The molecule has 0 aliphatic heterocycles. The largest absolute Gasteiger partial charge is 0.457 e. The molecule has 3 aromatic heterocycles. The molecule has 0 saturated carbocycles. The minimum Gasteiger partial charge on any atom is -0.457 e. The van der Waals surface area contributed by atoms with Crippen molar-refractivity contribution in [2.24, 2.45) is 0 Å². The van der Waals surface area contributed by atoms with Gasteiger partial charge in [0.15, 0.2) is 12.0 Å². The molecule has 0 radical (unpaired) electrons. The minimum atomic E-state index is -3.46. The van der Waals surface area contributed by atoms with E-state index in [2.05, 4.69) is 30.4 Å². The van der Waals surface area contributed by atoms with E-state index in [4.69, 9.17) is 9.15 Å². The van der Waals surface area contributed by atoms with Crippen LogP contribution in [0.3, 0.4) is 0 Å². The van der Waals surface area contributed by atoms with Crippen LogP contribution >= 0.6 is 0 Å². The number of urea groups is 1. The summed E-state index contributed by atoms with van der Waals surface area (Å²) in [6.45, 7) is 4.05. The Labute approximate surface area is 224 Å². The molecule has 2 amide bonds. The van der Waals surface area contributed by atoms with Gasteiger partial charge < -0.3 is 14.5 Å². The molecule has 3 heterocycles. The first kappa shape index (κ1) is 25.7. The summed E-state index contributed by atoms with van der Waals surface area (Å²) in [5.74, 6) is 1.67. The van der Waals surface area contributed by atoms with Crippen molar-refractivity contribution in [2.75, 3.05) is 21.6 Å². The number of amides is 2. The first-order valence-electron chi connectivity index (χ1n) is 11.9. The second kappa shape index (κ2) is 10.5. The molecular weight excluding hydrogens is 522 g/mol. The number of sulfonamides is 1. The van der Waals surface area contributed by atoms with Crippen molar-refractivity contribution in [3.05, 3.63) is 78.9 Å². The molecule has 2 aromatic carbocycles. The van der Waals surface area contributed by atoms with Crippen molar-refractivity contribution in [2.45, 2.75) is 19.8 Å². The lowest BCUT2D eigenvalue weighted by Gasteiger charge is -2.11. The third kappa shape index (κ3) is 6.33. The van der Waals surface area contributed by atoms with Gasteiger partial charge >= 0.3 is 6.03 Å². The molecule has 0 fully saturated rings. The number of fused-ring (bicyclic) bond motifs is 1. The molecule has 0 saturated heterocycles. The number of carbonyl (C=O) groups excluding carboxylic acids is 1. The first-order chi connectivity index (χ1) is 18.6. The third-order valence-electron chi connectivity index (χ3n) is 5.49. The predicted molar refractivity (Wildman–Crippen MR) is 147 cm³/mol. The maximum absolute atomic E-state index is 12.9. The Hall–Kier alpha value is -4.91. The second-order valence-electron chi connectivity index (χ2n) is 8.98. The highest BCUT2D eigenvalue weighted by Gasteiger charge is 2.16. The number of hydrogen-bond donors (Lipinski definition) is 3. The summed E-state index contributed by atoms with van der Waals surface area (Å²) in [6, 6.07) is 16.6. The Morgan fingerprint density at radius 1 is 0.974 bits per heavy atom. The zero-order valence-corrected chi connectivity index (χ0v) is 22.1. The quantitative estimate of drug-likeness (QED) is 0.235. The minimum absolute atomic E-state index is 0.144. The molecule has 5 rings (SSSR count). The molecule has 0 bridgehead atoms. The molecule has 0 atom stereocenters. The van der Waals surface area contributed by atoms with Crippen molar-refractivity contribution < 1.29 is 22.4 Å². The van der Waals surface area contributed by atoms with Gasteiger partial charge in [0, 0.05) is 24.0 Å². The molecule has 39 heavy (non-hydrogen) atoms. The van der Waals surface area contributed by atoms with Crippen LogP contribution < -0.4 is 20.1 Å². The number of carbonyl (C=O) groups is 1. The van der Waals surface area contributed by atoms with Gasteiger partial charge in [-0.2, -0.15) is 5.10 Å². The number of ether oxygens (including phenoxy) is 1. The van der Waals surface area contributed by atoms with E-state index in [0.717, 1.165) is 17.6 Å². The summed E-state index contributed by atoms with van der Waals surface area (Å²) in [5.41, 5.74) is 3.42. The third-order valence-corrected chi connectivity index (χ3v) is 6.07. The fourth-order valence-corrected chi connectivity index (χ4v) is 4.18. The monoisotopic (exact) mass is 547 g/mol. The number of aromatic nitrogens is 4. The fourth-order valence-electron chi connectivity index (χ4n) is 3.69. The molecule has 0 aliphatic carbocycles. The Bertz CT molecular complexity index is 1740. The average Bonchev–Trinajstić information content (AvgIpc) is 3.51. The van der Waals surface area contributed by atoms with E-state index in [1.807, 2.05) is 32.0 Å². The molecular formula is C26H25N7O5S. The fraction of sp³-hybridized carbons (Fsp3) is 0.154. The Morgan fingerprint density at radius 3 is 2.51 bits per heavy atom. The van der Waals surface area contributed by atoms with Crippen molar-refractivity contribution in [1.82, 2.24) is 19.7 Å². The lowest BCUT2D eigenvalue weighted by Crippen LogP contribution is -2.21. The van der Waals surface area contributed by atoms with Gasteiger partial charge in [0.1, 0.15) is 28.7 Å². The molecule has 12 nitrogen and oxygen atoms in total. The first-order valence-corrected chi connectivity index (χ1v) is 13.8. The summed E-state index contributed by atoms with van der Waals surface area (Å²) in [4.78, 5) is 21.0. The zero-order valence-electron chi connectivity index (χ0n) is 21.2. The van der Waals surface area contributed by atoms with Crippen LogP contribution in [0.1, 0.15) is 25.5 Å². The standard InChI is InChI=1S/C26H25N7O5S/c1-16(2)21-14-25(33(31-21)18-6-9-23-22(12-18)28-15-37-23)30-26(34)29-17-4-7-19(8-5-17)38-20-10-11-27-24(13-20)32-39(3,35)36/h4-16H,1-3H3,(H,27,32)(H2,29,30,34). The van der Waals surface area contributed by atoms with E-state index >= 15 is 0 Å². The SMILES string of the molecule is CC(C)c1cc(NC(=O)Nc2ccc(Oc3ccnc(NS(C)(=O)=O)c3)cc2)n(-c2ccc3ocnc3c2)n1. The van der Waals surface area contributed by atoms with Gasteiger partial charge in [-0.25, -0.2) is 27.9 Å². The summed E-state index contributed by atoms with van der Waals surface area (Å²) in [6.07, 6.45) is 3.85. The Morgan fingerprint density at radius 2 is 1.77 bits per heavy atom. The Balaban J connectivity index is 1.27. The maximum atomic E-state index is 12.9. The smallest absolute Gasteiger partial charge is 0.324 e. The summed E-state index contributed by atoms with van der Waals surface area (Å²) in [5, 5.41) is 10.3. The van der Waals surface area contributed by atoms with Gasteiger partial charge in [0.25, 0.3) is 0 Å². The highest BCUT2D eigenvalue weighted by Crippen LogP contribution is 2.26. The van der Waals surface area contributed by atoms with Crippen molar-refractivity contribution in [3.8, 4) is 17.2 Å². The average molecular weight is 548 g/mol. The van der Waals surface area contributed by atoms with Crippen molar-refractivity contribution in [3.63, 3.8) is 0 Å². The van der Waals surface area contributed by atoms with E-state index in [1.54, 1.807) is 41.1 Å². The van der Waals surface area contributed by atoms with Gasteiger partial charge in [-0.3, -0.25) is 10.0 Å². The van der Waals surface area contributed by atoms with Crippen LogP contribution in [0.2, 0.25) is 0 Å². The van der Waals surface area contributed by atoms with Crippen molar-refractivity contribution >= 4 is 44.5 Å². The summed E-state index contributed by atoms with van der Waals surface area (Å²) < 4.78 is 37.9. The van der Waals surface area contributed by atoms with Gasteiger partial charge in [-0.05, 0) is 54.4 Å². The van der Waals surface area contributed by atoms with Crippen LogP contribution in [-0.2, 0) is 10.0 Å². The second-order valence-corrected chi connectivity index (χ2v) is 10.7. The Kier molecular flexibility index (Phi) is 6.90. The number of rotatable bonds is 8. The maximum Gasteiger partial charge on any atom is 0.324 e. The summed E-state index contributed by atoms with van der Waals surface area (Å²) in [7, 11) is -3.46. The highest BCUT2D eigenvalue weighted by molar-refractivity contribution is 7.92. The number of hydrogen-bond acceptors (Lipinski definition) is 8. The van der Waals surface area contributed by atoms with Crippen LogP contribution in [0.5, 0.6) is 11.5 Å². The van der Waals surface area contributed by atoms with Gasteiger partial charge in [0.2, 0.25) is 10.0 Å². The normalized spacial score (nSPS) is 11.5. The van der Waals surface area contributed by atoms with E-state index < -0.39 is 16.1 Å². The van der Waals surface area contributed by atoms with Crippen LogP contribution in [0, 0.1) is 0 Å². The topological polar surface area (TPSA) is 153 Å². The van der Waals surface area contributed by atoms with Gasteiger partial charge in [-0.15, -0.1) is 0 Å². The number of nitrogens with one attached hydrogen (secondary N) is 3. The molecule has 0 spiro atoms. The van der Waals surface area contributed by atoms with E-state index in [1.165, 1.54) is 18.7 Å². The molecule has 200 valence electrons. The number of oxazole rings is 1. The molecule has 0 unspecified atom stereocenters. The molecule has 3 N–H and O–H groups in total. The van der Waals surface area contributed by atoms with Crippen LogP contribution in [0.25, 0.3) is 16.8 Å². The predicted octanol–water partition coefficient (Wildman–Crippen LogP) is 5.34. The number of benzene rings is 2. The number of pyridine rings is 1. The van der Waals surface area contributed by atoms with Crippen LogP contribution in [0.15, 0.2) is 77.7 Å². The van der Waals surface area contributed by atoms with Gasteiger partial charge in [-0.1, -0.05) is 13.8 Å². The lowest BCUT2D eigenvalue weighted by molar-refractivity contribution is 0.262.